The summed E-state index contributed by atoms with van der Waals surface area (Å²) in [5, 5.41) is 0. The van der Waals surface area contributed by atoms with E-state index in [1.807, 2.05) is 20.8 Å². The van der Waals surface area contributed by atoms with Gasteiger partial charge in [-0.05, 0) is 24.5 Å². The number of carbonyl (C=O) groups is 2. The molecule has 0 saturated heterocycles. The summed E-state index contributed by atoms with van der Waals surface area (Å²) in [5.74, 6) is -0.828. The van der Waals surface area contributed by atoms with E-state index in [0.717, 1.165) is 12.8 Å². The first-order valence-corrected chi connectivity index (χ1v) is 7.31. The van der Waals surface area contributed by atoms with E-state index in [9.17, 15) is 9.59 Å². The monoisotopic (exact) mass is 293 g/mol. The molecule has 0 aliphatic rings. The SMILES string of the molecule is CCCCOC(=O)C(OC(=O)CC(C)C)c1ccccn1. The molecule has 1 aromatic heterocycles. The highest BCUT2D eigenvalue weighted by Gasteiger charge is 2.27. The van der Waals surface area contributed by atoms with Crippen LogP contribution in [-0.2, 0) is 19.1 Å². The molecular weight excluding hydrogens is 270 g/mol. The Hall–Kier alpha value is -1.91. The normalized spacial score (nSPS) is 12.0. The number of pyridine rings is 1. The second kappa shape index (κ2) is 9.10. The fourth-order valence-electron chi connectivity index (χ4n) is 1.67. The van der Waals surface area contributed by atoms with Gasteiger partial charge in [0.2, 0.25) is 6.10 Å². The van der Waals surface area contributed by atoms with Gasteiger partial charge in [0.1, 0.15) is 0 Å². The molecule has 1 atom stereocenters. The molecule has 0 aromatic carbocycles. The van der Waals surface area contributed by atoms with Crippen molar-refractivity contribution in [2.24, 2.45) is 5.92 Å². The first-order chi connectivity index (χ1) is 10.0. The Morgan fingerprint density at radius 3 is 2.62 bits per heavy atom. The molecule has 0 N–H and O–H groups in total. The highest BCUT2D eigenvalue weighted by atomic mass is 16.6. The molecule has 0 radical (unpaired) electrons. The third-order valence-corrected chi connectivity index (χ3v) is 2.74. The minimum atomic E-state index is -1.09. The van der Waals surface area contributed by atoms with Crippen molar-refractivity contribution in [3.63, 3.8) is 0 Å². The summed E-state index contributed by atoms with van der Waals surface area (Å²) in [6, 6.07) is 5.12. The van der Waals surface area contributed by atoms with Crippen molar-refractivity contribution >= 4 is 11.9 Å². The van der Waals surface area contributed by atoms with Crippen LogP contribution in [0.4, 0.5) is 0 Å². The number of carbonyl (C=O) groups excluding carboxylic acids is 2. The highest BCUT2D eigenvalue weighted by molar-refractivity contribution is 5.80. The molecule has 0 aliphatic carbocycles. The van der Waals surface area contributed by atoms with Gasteiger partial charge in [-0.25, -0.2) is 4.79 Å². The van der Waals surface area contributed by atoms with E-state index < -0.39 is 18.0 Å². The Labute approximate surface area is 125 Å². The number of hydrogen-bond acceptors (Lipinski definition) is 5. The Morgan fingerprint density at radius 2 is 2.05 bits per heavy atom. The van der Waals surface area contributed by atoms with Crippen molar-refractivity contribution < 1.29 is 19.1 Å². The number of rotatable bonds is 8. The summed E-state index contributed by atoms with van der Waals surface area (Å²) in [6.45, 7) is 6.15. The number of unbranched alkanes of at least 4 members (excludes halogenated alkanes) is 1. The van der Waals surface area contributed by atoms with Gasteiger partial charge in [-0.3, -0.25) is 9.78 Å². The molecule has 0 bridgehead atoms. The topological polar surface area (TPSA) is 65.5 Å². The van der Waals surface area contributed by atoms with Gasteiger partial charge in [-0.15, -0.1) is 0 Å². The summed E-state index contributed by atoms with van der Waals surface area (Å²) in [6.07, 6.45) is 2.42. The lowest BCUT2D eigenvalue weighted by Gasteiger charge is -2.17. The zero-order valence-electron chi connectivity index (χ0n) is 12.9. The van der Waals surface area contributed by atoms with E-state index >= 15 is 0 Å². The van der Waals surface area contributed by atoms with Crippen LogP contribution in [0.15, 0.2) is 24.4 Å². The standard InChI is InChI=1S/C16H23NO4/c1-4-5-10-20-16(19)15(13-8-6-7-9-17-13)21-14(18)11-12(2)3/h6-9,12,15H,4-5,10-11H2,1-3H3. The second-order valence-corrected chi connectivity index (χ2v) is 5.24. The summed E-state index contributed by atoms with van der Waals surface area (Å²) >= 11 is 0. The van der Waals surface area contributed by atoms with Crippen LogP contribution in [0.1, 0.15) is 51.8 Å². The average molecular weight is 293 g/mol. The lowest BCUT2D eigenvalue weighted by molar-refractivity contribution is -0.169. The molecule has 5 nitrogen and oxygen atoms in total. The zero-order valence-corrected chi connectivity index (χ0v) is 12.9. The molecule has 0 saturated carbocycles. The van der Waals surface area contributed by atoms with Crippen LogP contribution in [-0.4, -0.2) is 23.5 Å². The third kappa shape index (κ3) is 6.38. The van der Waals surface area contributed by atoms with Gasteiger partial charge >= 0.3 is 11.9 Å². The number of nitrogens with zero attached hydrogens (tertiary/aromatic N) is 1. The summed E-state index contributed by atoms with van der Waals surface area (Å²) in [4.78, 5) is 28.0. The third-order valence-electron chi connectivity index (χ3n) is 2.74. The van der Waals surface area contributed by atoms with Crippen molar-refractivity contribution in [3.8, 4) is 0 Å². The van der Waals surface area contributed by atoms with Crippen LogP contribution in [0, 0.1) is 5.92 Å². The maximum absolute atomic E-state index is 12.1. The molecule has 1 heterocycles. The van der Waals surface area contributed by atoms with Crippen LogP contribution >= 0.6 is 0 Å². The van der Waals surface area contributed by atoms with Gasteiger partial charge < -0.3 is 9.47 Å². The van der Waals surface area contributed by atoms with Crippen molar-refractivity contribution in [1.82, 2.24) is 4.98 Å². The molecule has 1 aromatic rings. The van der Waals surface area contributed by atoms with Crippen LogP contribution < -0.4 is 0 Å². The molecule has 1 unspecified atom stereocenters. The Bertz CT molecular complexity index is 445. The largest absolute Gasteiger partial charge is 0.463 e. The quantitative estimate of drug-likeness (QED) is 0.544. The molecule has 1 rings (SSSR count). The van der Waals surface area contributed by atoms with Gasteiger partial charge in [-0.2, -0.15) is 0 Å². The summed E-state index contributed by atoms with van der Waals surface area (Å²) in [7, 11) is 0. The molecule has 0 amide bonds. The molecular formula is C16H23NO4. The molecule has 0 spiro atoms. The van der Waals surface area contributed by atoms with E-state index in [1.165, 1.54) is 0 Å². The lowest BCUT2D eigenvalue weighted by atomic mass is 10.1. The predicted molar refractivity (Wildman–Crippen MR) is 78.4 cm³/mol. The summed E-state index contributed by atoms with van der Waals surface area (Å²) in [5.41, 5.74) is 0.385. The molecule has 0 aliphatic heterocycles. The Balaban J connectivity index is 2.75. The molecule has 0 fully saturated rings. The first-order valence-electron chi connectivity index (χ1n) is 7.31. The molecule has 5 heteroatoms. The van der Waals surface area contributed by atoms with Gasteiger partial charge in [-0.1, -0.05) is 33.3 Å². The van der Waals surface area contributed by atoms with Crippen LogP contribution in [0.3, 0.4) is 0 Å². The fraction of sp³-hybridized carbons (Fsp3) is 0.562. The average Bonchev–Trinajstić information content (AvgIpc) is 2.45. The fourth-order valence-corrected chi connectivity index (χ4v) is 1.67. The molecule has 21 heavy (non-hydrogen) atoms. The maximum atomic E-state index is 12.1. The minimum Gasteiger partial charge on any atom is -0.463 e. The maximum Gasteiger partial charge on any atom is 0.353 e. The Morgan fingerprint density at radius 1 is 1.29 bits per heavy atom. The van der Waals surface area contributed by atoms with Gasteiger partial charge in [0.05, 0.1) is 12.3 Å². The van der Waals surface area contributed by atoms with Crippen molar-refractivity contribution in [2.45, 2.75) is 46.1 Å². The smallest absolute Gasteiger partial charge is 0.353 e. The summed E-state index contributed by atoms with van der Waals surface area (Å²) < 4.78 is 10.4. The number of ether oxygens (including phenoxy) is 2. The number of hydrogen-bond donors (Lipinski definition) is 0. The van der Waals surface area contributed by atoms with Crippen LogP contribution in [0.5, 0.6) is 0 Å². The van der Waals surface area contributed by atoms with E-state index in [1.54, 1.807) is 24.4 Å². The lowest BCUT2D eigenvalue weighted by Crippen LogP contribution is -2.24. The minimum absolute atomic E-state index is 0.165. The van der Waals surface area contributed by atoms with E-state index in [2.05, 4.69) is 4.98 Å². The first kappa shape index (κ1) is 17.1. The zero-order chi connectivity index (χ0) is 15.7. The highest BCUT2D eigenvalue weighted by Crippen LogP contribution is 2.19. The van der Waals surface area contributed by atoms with Crippen LogP contribution in [0.25, 0.3) is 0 Å². The predicted octanol–water partition coefficient (Wildman–Crippen LogP) is 3.06. The Kier molecular flexibility index (Phi) is 7.43. The second-order valence-electron chi connectivity index (χ2n) is 5.24. The van der Waals surface area contributed by atoms with Gasteiger partial charge in [0.15, 0.2) is 0 Å². The van der Waals surface area contributed by atoms with Gasteiger partial charge in [0.25, 0.3) is 0 Å². The van der Waals surface area contributed by atoms with E-state index in [-0.39, 0.29) is 12.3 Å². The van der Waals surface area contributed by atoms with Crippen molar-refractivity contribution in [2.75, 3.05) is 6.61 Å². The number of aromatic nitrogens is 1. The van der Waals surface area contributed by atoms with Crippen molar-refractivity contribution in [1.29, 1.82) is 0 Å². The van der Waals surface area contributed by atoms with Crippen LogP contribution in [0.2, 0.25) is 0 Å². The number of esters is 2. The van der Waals surface area contributed by atoms with Crippen molar-refractivity contribution in [3.05, 3.63) is 30.1 Å². The molecule has 116 valence electrons. The van der Waals surface area contributed by atoms with E-state index in [0.29, 0.717) is 12.3 Å². The van der Waals surface area contributed by atoms with Gasteiger partial charge in [0, 0.05) is 12.6 Å². The van der Waals surface area contributed by atoms with E-state index in [4.69, 9.17) is 9.47 Å².